The van der Waals surface area contributed by atoms with Crippen molar-refractivity contribution in [1.29, 1.82) is 0 Å². The third-order valence-corrected chi connectivity index (χ3v) is 7.38. The van der Waals surface area contributed by atoms with Crippen LogP contribution in [0.4, 0.5) is 24.5 Å². The number of hydrogen-bond acceptors (Lipinski definition) is 8. The zero-order chi connectivity index (χ0) is 21.4. The molecule has 1 unspecified atom stereocenters. The minimum absolute atomic E-state index is 0.0735. The predicted octanol–water partition coefficient (Wildman–Crippen LogP) is 3.02. The standard InChI is InChI=1S/C13H12F3N3O6S3/c1-17(8-2-3-28(24,25)6-8)12(26)27-11-9(18(20)21)4-7(13(14,15)16)5-10(11)19(22)23/h4-5,8H,2-3,6H2,1H3. The molecule has 0 N–H and O–H groups in total. The van der Waals surface area contributed by atoms with E-state index in [4.69, 9.17) is 12.2 Å². The van der Waals surface area contributed by atoms with E-state index in [1.807, 2.05) is 0 Å². The SMILES string of the molecule is CN(C(=S)Sc1c([N+](=O)[O-])cc(C(F)(F)F)cc1[N+](=O)[O-])C1CCS(=O)(=O)C1. The van der Waals surface area contributed by atoms with Crippen LogP contribution < -0.4 is 0 Å². The van der Waals surface area contributed by atoms with Gasteiger partial charge in [0.2, 0.25) is 0 Å². The van der Waals surface area contributed by atoms with Crippen molar-refractivity contribution >= 4 is 49.5 Å². The molecule has 2 rings (SSSR count). The van der Waals surface area contributed by atoms with Gasteiger partial charge in [-0.2, -0.15) is 13.2 Å². The van der Waals surface area contributed by atoms with Crippen molar-refractivity contribution in [3.63, 3.8) is 0 Å². The van der Waals surface area contributed by atoms with Gasteiger partial charge >= 0.3 is 6.18 Å². The summed E-state index contributed by atoms with van der Waals surface area (Å²) in [6.07, 6.45) is -4.77. The molecule has 0 aliphatic carbocycles. The molecule has 1 aliphatic heterocycles. The summed E-state index contributed by atoms with van der Waals surface area (Å²) in [7, 11) is -1.84. The highest BCUT2D eigenvalue weighted by atomic mass is 32.2. The Morgan fingerprint density at radius 2 is 1.75 bits per heavy atom. The second kappa shape index (κ2) is 7.79. The lowest BCUT2D eigenvalue weighted by atomic mass is 10.1. The maximum Gasteiger partial charge on any atom is 0.416 e. The summed E-state index contributed by atoms with van der Waals surface area (Å²) in [5.41, 5.74) is -3.75. The van der Waals surface area contributed by atoms with E-state index in [1.54, 1.807) is 0 Å². The van der Waals surface area contributed by atoms with Gasteiger partial charge < -0.3 is 4.90 Å². The lowest BCUT2D eigenvalue weighted by Gasteiger charge is -2.25. The fourth-order valence-electron chi connectivity index (χ4n) is 2.53. The van der Waals surface area contributed by atoms with Gasteiger partial charge in [-0.1, -0.05) is 12.2 Å². The van der Waals surface area contributed by atoms with E-state index in [2.05, 4.69) is 0 Å². The van der Waals surface area contributed by atoms with Crippen molar-refractivity contribution in [2.45, 2.75) is 23.5 Å². The molecule has 9 nitrogen and oxygen atoms in total. The van der Waals surface area contributed by atoms with Crippen molar-refractivity contribution in [1.82, 2.24) is 4.90 Å². The molecule has 15 heteroatoms. The Bertz CT molecular complexity index is 916. The number of rotatable bonds is 4. The topological polar surface area (TPSA) is 124 Å². The van der Waals surface area contributed by atoms with E-state index in [0.717, 1.165) is 0 Å². The molecule has 154 valence electrons. The van der Waals surface area contributed by atoms with Gasteiger partial charge in [0.15, 0.2) is 14.7 Å². The van der Waals surface area contributed by atoms with Gasteiger partial charge in [0.1, 0.15) is 4.32 Å². The summed E-state index contributed by atoms with van der Waals surface area (Å²) < 4.78 is 61.8. The number of hydrogen-bond donors (Lipinski definition) is 0. The van der Waals surface area contributed by atoms with Gasteiger partial charge in [0.25, 0.3) is 11.4 Å². The summed E-state index contributed by atoms with van der Waals surface area (Å²) in [5.74, 6) is -0.280. The van der Waals surface area contributed by atoms with E-state index in [0.29, 0.717) is 11.8 Å². The predicted molar refractivity (Wildman–Crippen MR) is 98.0 cm³/mol. The molecule has 1 heterocycles. The van der Waals surface area contributed by atoms with Crippen LogP contribution in [0.2, 0.25) is 0 Å². The highest BCUT2D eigenvalue weighted by Gasteiger charge is 2.39. The molecule has 0 saturated carbocycles. The van der Waals surface area contributed by atoms with E-state index < -0.39 is 53.7 Å². The van der Waals surface area contributed by atoms with E-state index in [9.17, 15) is 41.8 Å². The number of benzene rings is 1. The first-order chi connectivity index (χ1) is 12.7. The van der Waals surface area contributed by atoms with Gasteiger partial charge in [0, 0.05) is 25.2 Å². The molecule has 0 spiro atoms. The lowest BCUT2D eigenvalue weighted by Crippen LogP contribution is -2.35. The zero-order valence-corrected chi connectivity index (χ0v) is 16.5. The van der Waals surface area contributed by atoms with Gasteiger partial charge in [0.05, 0.1) is 26.9 Å². The highest BCUT2D eigenvalue weighted by Crippen LogP contribution is 2.43. The van der Waals surface area contributed by atoms with Crippen LogP contribution in [0.15, 0.2) is 17.0 Å². The van der Waals surface area contributed by atoms with E-state index in [1.165, 1.54) is 11.9 Å². The molecular formula is C13H12F3N3O6S3. The minimum Gasteiger partial charge on any atom is -0.356 e. The summed E-state index contributed by atoms with van der Waals surface area (Å²) in [6.45, 7) is 0. The average Bonchev–Trinajstić information content (AvgIpc) is 2.92. The van der Waals surface area contributed by atoms with Crippen molar-refractivity contribution in [3.05, 3.63) is 37.9 Å². The second-order valence-electron chi connectivity index (χ2n) is 5.89. The number of nitro groups is 2. The quantitative estimate of drug-likeness (QED) is 0.289. The van der Waals surface area contributed by atoms with Crippen LogP contribution in [0.25, 0.3) is 0 Å². The van der Waals surface area contributed by atoms with Crippen LogP contribution in [-0.4, -0.2) is 52.1 Å². The molecule has 1 aromatic carbocycles. The number of nitro benzene ring substituents is 2. The molecule has 1 aliphatic rings. The highest BCUT2D eigenvalue weighted by molar-refractivity contribution is 8.23. The molecule has 0 amide bonds. The van der Waals surface area contributed by atoms with E-state index >= 15 is 0 Å². The minimum atomic E-state index is -5.02. The lowest BCUT2D eigenvalue weighted by molar-refractivity contribution is -0.400. The number of alkyl halides is 3. The summed E-state index contributed by atoms with van der Waals surface area (Å²) in [4.78, 5) is 20.8. The smallest absolute Gasteiger partial charge is 0.356 e. The number of sulfone groups is 1. The number of thioether (sulfide) groups is 1. The Balaban J connectivity index is 2.45. The van der Waals surface area contributed by atoms with Crippen molar-refractivity contribution in [2.75, 3.05) is 18.6 Å². The van der Waals surface area contributed by atoms with Crippen LogP contribution in [0.5, 0.6) is 0 Å². The first kappa shape index (κ1) is 22.3. The molecule has 1 atom stereocenters. The normalized spacial score (nSPS) is 18.6. The molecule has 28 heavy (non-hydrogen) atoms. The first-order valence-corrected chi connectivity index (χ1v) is 10.5. The molecule has 0 radical (unpaired) electrons. The largest absolute Gasteiger partial charge is 0.416 e. The number of nitrogens with zero attached hydrogens (tertiary/aromatic N) is 3. The Kier molecular flexibility index (Phi) is 6.20. The van der Waals surface area contributed by atoms with Crippen LogP contribution in [-0.2, 0) is 16.0 Å². The second-order valence-corrected chi connectivity index (χ2v) is 9.76. The Hall–Kier alpha value is -2.00. The molecular weight excluding hydrogens is 447 g/mol. The third kappa shape index (κ3) is 4.88. The van der Waals surface area contributed by atoms with Crippen LogP contribution >= 0.6 is 24.0 Å². The summed E-state index contributed by atoms with van der Waals surface area (Å²) in [6, 6.07) is -0.117. The fraction of sp³-hybridized carbons (Fsp3) is 0.462. The van der Waals surface area contributed by atoms with Gasteiger partial charge in [-0.25, -0.2) is 8.42 Å². The van der Waals surface area contributed by atoms with Crippen molar-refractivity contribution in [2.24, 2.45) is 0 Å². The van der Waals surface area contributed by atoms with Gasteiger partial charge in [-0.3, -0.25) is 20.2 Å². The summed E-state index contributed by atoms with van der Waals surface area (Å²) >= 11 is 5.48. The average molecular weight is 459 g/mol. The third-order valence-electron chi connectivity index (χ3n) is 4.00. The molecule has 1 aromatic rings. The molecule has 0 bridgehead atoms. The van der Waals surface area contributed by atoms with E-state index in [-0.39, 0.29) is 34.4 Å². The summed E-state index contributed by atoms with van der Waals surface area (Å²) in [5, 5.41) is 22.5. The van der Waals surface area contributed by atoms with Crippen LogP contribution in [0, 0.1) is 20.2 Å². The molecule has 1 saturated heterocycles. The number of halogens is 3. The van der Waals surface area contributed by atoms with Crippen molar-refractivity contribution in [3.8, 4) is 0 Å². The Morgan fingerprint density at radius 3 is 2.11 bits per heavy atom. The number of thiocarbonyl (C=S) groups is 1. The van der Waals surface area contributed by atoms with Gasteiger partial charge in [-0.05, 0) is 18.2 Å². The zero-order valence-electron chi connectivity index (χ0n) is 14.0. The maximum atomic E-state index is 12.9. The first-order valence-electron chi connectivity index (χ1n) is 7.42. The Labute approximate surface area is 166 Å². The van der Waals surface area contributed by atoms with Crippen molar-refractivity contribution < 1.29 is 31.4 Å². The van der Waals surface area contributed by atoms with Crippen LogP contribution in [0.1, 0.15) is 12.0 Å². The molecule has 1 fully saturated rings. The monoisotopic (exact) mass is 459 g/mol. The van der Waals surface area contributed by atoms with Crippen LogP contribution in [0.3, 0.4) is 0 Å². The fourth-order valence-corrected chi connectivity index (χ4v) is 5.64. The van der Waals surface area contributed by atoms with Gasteiger partial charge in [-0.15, -0.1) is 0 Å². The Morgan fingerprint density at radius 1 is 1.25 bits per heavy atom. The molecule has 0 aromatic heterocycles. The maximum absolute atomic E-state index is 12.9.